The van der Waals surface area contributed by atoms with E-state index in [1.54, 1.807) is 0 Å². The maximum Gasteiger partial charge on any atom is 0.123 e. The van der Waals surface area contributed by atoms with Gasteiger partial charge >= 0.3 is 0 Å². The van der Waals surface area contributed by atoms with Gasteiger partial charge in [-0.15, -0.1) is 0 Å². The molecule has 1 aromatic carbocycles. The smallest absolute Gasteiger partial charge is 0.123 e. The first kappa shape index (κ1) is 13.8. The lowest BCUT2D eigenvalue weighted by molar-refractivity contribution is 0.344. The lowest BCUT2D eigenvalue weighted by atomic mass is 10.0. The van der Waals surface area contributed by atoms with Crippen LogP contribution >= 0.6 is 0 Å². The molecule has 0 aromatic heterocycles. The van der Waals surface area contributed by atoms with Crippen LogP contribution in [0, 0.1) is 0 Å². The topological polar surface area (TPSA) is 35.2 Å². The molecular weight excluding hydrogens is 210 g/mol. The molecule has 0 saturated heterocycles. The molecule has 2 N–H and O–H groups in total. The van der Waals surface area contributed by atoms with Crippen LogP contribution in [0.3, 0.4) is 0 Å². The van der Waals surface area contributed by atoms with Crippen LogP contribution in [0.5, 0.6) is 5.75 Å². The highest BCUT2D eigenvalue weighted by molar-refractivity contribution is 5.34. The minimum atomic E-state index is 0.203. The van der Waals surface area contributed by atoms with Crippen LogP contribution in [0.4, 0.5) is 0 Å². The van der Waals surface area contributed by atoms with Gasteiger partial charge in [0.15, 0.2) is 0 Å². The van der Waals surface area contributed by atoms with Crippen molar-refractivity contribution in [2.75, 3.05) is 6.61 Å². The van der Waals surface area contributed by atoms with E-state index < -0.39 is 0 Å². The Kier molecular flexibility index (Phi) is 5.78. The Hall–Kier alpha value is -1.28. The molecule has 1 rings (SSSR count). The minimum absolute atomic E-state index is 0.203. The van der Waals surface area contributed by atoms with Crippen LogP contribution in [0.25, 0.3) is 0 Å². The Balaban J connectivity index is 2.67. The molecule has 0 fully saturated rings. The highest BCUT2D eigenvalue weighted by Gasteiger charge is 2.07. The first-order valence-electron chi connectivity index (χ1n) is 6.30. The number of nitrogens with two attached hydrogens (primary N) is 1. The monoisotopic (exact) mass is 233 g/mol. The molecule has 0 aliphatic rings. The van der Waals surface area contributed by atoms with Crippen LogP contribution in [0.2, 0.25) is 0 Å². The summed E-state index contributed by atoms with van der Waals surface area (Å²) < 4.78 is 5.78. The predicted molar refractivity (Wildman–Crippen MR) is 73.3 cm³/mol. The number of rotatable bonds is 7. The Morgan fingerprint density at radius 1 is 1.35 bits per heavy atom. The molecule has 94 valence electrons. The third-order valence-corrected chi connectivity index (χ3v) is 2.91. The van der Waals surface area contributed by atoms with E-state index in [1.807, 2.05) is 18.2 Å². The fourth-order valence-electron chi connectivity index (χ4n) is 1.52. The van der Waals surface area contributed by atoms with Gasteiger partial charge < -0.3 is 10.5 Å². The Morgan fingerprint density at radius 2 is 2.06 bits per heavy atom. The zero-order chi connectivity index (χ0) is 12.7. The quantitative estimate of drug-likeness (QED) is 0.733. The molecule has 0 saturated carbocycles. The molecular formula is C15H23NO. The first-order chi connectivity index (χ1) is 8.17. The molecule has 2 nitrogen and oxygen atoms in total. The Labute approximate surface area is 104 Å². The fourth-order valence-corrected chi connectivity index (χ4v) is 1.52. The van der Waals surface area contributed by atoms with Crippen molar-refractivity contribution in [3.8, 4) is 5.75 Å². The molecule has 17 heavy (non-hydrogen) atoms. The van der Waals surface area contributed by atoms with Gasteiger partial charge in [-0.1, -0.05) is 38.6 Å². The maximum atomic E-state index is 5.98. The summed E-state index contributed by atoms with van der Waals surface area (Å²) in [7, 11) is 0. The summed E-state index contributed by atoms with van der Waals surface area (Å²) in [6.45, 7) is 8.73. The lowest BCUT2D eigenvalue weighted by Crippen LogP contribution is -2.21. The van der Waals surface area contributed by atoms with E-state index >= 15 is 0 Å². The minimum Gasteiger partial charge on any atom is -0.489 e. The molecule has 0 spiro atoms. The van der Waals surface area contributed by atoms with Crippen molar-refractivity contribution in [2.24, 2.45) is 5.73 Å². The number of hydrogen-bond acceptors (Lipinski definition) is 2. The maximum absolute atomic E-state index is 5.98. The van der Waals surface area contributed by atoms with E-state index in [9.17, 15) is 0 Å². The van der Waals surface area contributed by atoms with Gasteiger partial charge in [-0.3, -0.25) is 0 Å². The average Bonchev–Trinajstić information content (AvgIpc) is 2.37. The van der Waals surface area contributed by atoms with Gasteiger partial charge in [0.05, 0.1) is 0 Å². The third kappa shape index (κ3) is 4.61. The lowest BCUT2D eigenvalue weighted by Gasteiger charge is -2.14. The SMILES string of the molecule is C=C(CC)COc1ccccc1CC(N)CC. The molecule has 0 aliphatic carbocycles. The van der Waals surface area contributed by atoms with E-state index in [-0.39, 0.29) is 6.04 Å². The van der Waals surface area contributed by atoms with Gasteiger partial charge in [0, 0.05) is 6.04 Å². The summed E-state index contributed by atoms with van der Waals surface area (Å²) in [5, 5.41) is 0. The first-order valence-corrected chi connectivity index (χ1v) is 6.30. The number of benzene rings is 1. The highest BCUT2D eigenvalue weighted by Crippen LogP contribution is 2.20. The van der Waals surface area contributed by atoms with Crippen molar-refractivity contribution in [1.29, 1.82) is 0 Å². The molecule has 0 bridgehead atoms. The molecule has 0 heterocycles. The second-order valence-corrected chi connectivity index (χ2v) is 4.37. The second-order valence-electron chi connectivity index (χ2n) is 4.37. The summed E-state index contributed by atoms with van der Waals surface area (Å²) in [5.41, 5.74) is 8.28. The largest absolute Gasteiger partial charge is 0.489 e. The second kappa shape index (κ2) is 7.13. The summed E-state index contributed by atoms with van der Waals surface area (Å²) in [6.07, 6.45) is 2.80. The molecule has 0 amide bonds. The van der Waals surface area contributed by atoms with E-state index in [4.69, 9.17) is 10.5 Å². The zero-order valence-electron chi connectivity index (χ0n) is 10.9. The predicted octanol–water partition coefficient (Wildman–Crippen LogP) is 3.31. The van der Waals surface area contributed by atoms with Gasteiger partial charge in [0.2, 0.25) is 0 Å². The summed E-state index contributed by atoms with van der Waals surface area (Å²) >= 11 is 0. The molecule has 0 radical (unpaired) electrons. The summed E-state index contributed by atoms with van der Waals surface area (Å²) in [5.74, 6) is 0.936. The van der Waals surface area contributed by atoms with Crippen molar-refractivity contribution < 1.29 is 4.74 Å². The van der Waals surface area contributed by atoms with Crippen molar-refractivity contribution in [2.45, 2.75) is 39.2 Å². The van der Waals surface area contributed by atoms with Gasteiger partial charge in [-0.05, 0) is 36.5 Å². The standard InChI is InChI=1S/C15H23NO/c1-4-12(3)11-17-15-9-7-6-8-13(15)10-14(16)5-2/h6-9,14H,3-5,10-11,16H2,1-2H3. The number of para-hydroxylation sites is 1. The number of hydrogen-bond donors (Lipinski definition) is 1. The van der Waals surface area contributed by atoms with Crippen LogP contribution in [0.15, 0.2) is 36.4 Å². The van der Waals surface area contributed by atoms with E-state index in [2.05, 4.69) is 26.5 Å². The van der Waals surface area contributed by atoms with Crippen LogP contribution < -0.4 is 10.5 Å². The van der Waals surface area contributed by atoms with Crippen molar-refractivity contribution in [1.82, 2.24) is 0 Å². The average molecular weight is 233 g/mol. The van der Waals surface area contributed by atoms with Gasteiger partial charge in [0.1, 0.15) is 12.4 Å². The van der Waals surface area contributed by atoms with Crippen LogP contribution in [-0.2, 0) is 6.42 Å². The Bertz CT molecular complexity index is 360. The van der Waals surface area contributed by atoms with Crippen LogP contribution in [0.1, 0.15) is 32.3 Å². The van der Waals surface area contributed by atoms with E-state index in [0.717, 1.165) is 30.6 Å². The normalized spacial score (nSPS) is 12.2. The molecule has 1 atom stereocenters. The highest BCUT2D eigenvalue weighted by atomic mass is 16.5. The third-order valence-electron chi connectivity index (χ3n) is 2.91. The fraction of sp³-hybridized carbons (Fsp3) is 0.467. The summed E-state index contributed by atoms with van der Waals surface area (Å²) in [4.78, 5) is 0. The molecule has 0 aliphatic heterocycles. The van der Waals surface area contributed by atoms with Crippen molar-refractivity contribution in [3.05, 3.63) is 42.0 Å². The van der Waals surface area contributed by atoms with Gasteiger partial charge in [-0.2, -0.15) is 0 Å². The van der Waals surface area contributed by atoms with E-state index in [1.165, 1.54) is 5.56 Å². The molecule has 2 heteroatoms. The van der Waals surface area contributed by atoms with E-state index in [0.29, 0.717) is 6.61 Å². The Morgan fingerprint density at radius 3 is 2.71 bits per heavy atom. The van der Waals surface area contributed by atoms with Gasteiger partial charge in [-0.25, -0.2) is 0 Å². The van der Waals surface area contributed by atoms with Crippen molar-refractivity contribution >= 4 is 0 Å². The van der Waals surface area contributed by atoms with Gasteiger partial charge in [0.25, 0.3) is 0 Å². The van der Waals surface area contributed by atoms with Crippen LogP contribution in [-0.4, -0.2) is 12.6 Å². The zero-order valence-corrected chi connectivity index (χ0v) is 10.9. The number of ether oxygens (including phenoxy) is 1. The summed E-state index contributed by atoms with van der Waals surface area (Å²) in [6, 6.07) is 8.30. The van der Waals surface area contributed by atoms with Crippen molar-refractivity contribution in [3.63, 3.8) is 0 Å². The molecule has 1 aromatic rings. The molecule has 1 unspecified atom stereocenters.